The molecule has 0 aliphatic rings. The maximum atomic E-state index is 13.1. The molecule has 162 valence electrons. The molecule has 2 atom stereocenters. The summed E-state index contributed by atoms with van der Waals surface area (Å²) in [5, 5.41) is 4.34. The summed E-state index contributed by atoms with van der Waals surface area (Å²) in [6.45, 7) is 5.52. The van der Waals surface area contributed by atoms with E-state index < -0.39 is 5.60 Å². The molecule has 0 spiro atoms. The van der Waals surface area contributed by atoms with Crippen LogP contribution in [0, 0.1) is 0 Å². The van der Waals surface area contributed by atoms with Gasteiger partial charge in [-0.05, 0) is 62.6 Å². The molecule has 0 saturated heterocycles. The zero-order valence-corrected chi connectivity index (χ0v) is 19.5. The van der Waals surface area contributed by atoms with Gasteiger partial charge in [0.2, 0.25) is 0 Å². The molecule has 0 bridgehead atoms. The predicted molar refractivity (Wildman–Crippen MR) is 128 cm³/mol. The van der Waals surface area contributed by atoms with Gasteiger partial charge in [0.1, 0.15) is 5.75 Å². The van der Waals surface area contributed by atoms with Gasteiger partial charge in [-0.2, -0.15) is 0 Å². The molecule has 0 heterocycles. The first-order valence-corrected chi connectivity index (χ1v) is 11.1. The molecule has 0 aliphatic carbocycles. The van der Waals surface area contributed by atoms with Crippen molar-refractivity contribution < 1.29 is 9.53 Å². The first-order valence-electron chi connectivity index (χ1n) is 10.3. The molecule has 0 aliphatic heterocycles. The van der Waals surface area contributed by atoms with Crippen molar-refractivity contribution in [3.05, 3.63) is 100 Å². The highest BCUT2D eigenvalue weighted by molar-refractivity contribution is 6.32. The number of carbonyl (C=O) groups is 1. The number of para-hydroxylation sites is 1. The molecule has 0 fully saturated rings. The minimum Gasteiger partial charge on any atom is -0.476 e. The van der Waals surface area contributed by atoms with E-state index in [0.717, 1.165) is 17.5 Å². The number of nitrogens with one attached hydrogen (secondary N) is 1. The van der Waals surface area contributed by atoms with E-state index in [4.69, 9.17) is 27.9 Å². The van der Waals surface area contributed by atoms with Crippen LogP contribution in [-0.2, 0) is 11.2 Å². The molecule has 0 aromatic heterocycles. The summed E-state index contributed by atoms with van der Waals surface area (Å²) < 4.78 is 5.95. The van der Waals surface area contributed by atoms with Crippen LogP contribution in [0.1, 0.15) is 37.8 Å². The molecule has 5 heteroatoms. The highest BCUT2D eigenvalue weighted by atomic mass is 35.5. The summed E-state index contributed by atoms with van der Waals surface area (Å²) in [5.41, 5.74) is 1.24. The standard InChI is InChI=1S/C26H27Cl2NO2/c1-18(29-25(30)26(2,3)31-24-12-8-7-11-23(24)28)22(20-9-5-4-6-10-20)17-19-13-15-21(27)16-14-19/h4-16,18,22H,17H2,1-3H3,(H,29,30)/t18-,22+/m0/s1. The second-order valence-corrected chi connectivity index (χ2v) is 9.00. The van der Waals surface area contributed by atoms with Gasteiger partial charge >= 0.3 is 0 Å². The van der Waals surface area contributed by atoms with Crippen LogP contribution in [0.3, 0.4) is 0 Å². The fraction of sp³-hybridized carbons (Fsp3) is 0.269. The van der Waals surface area contributed by atoms with E-state index in [-0.39, 0.29) is 17.9 Å². The Labute approximate surface area is 194 Å². The third-order valence-corrected chi connectivity index (χ3v) is 5.87. The smallest absolute Gasteiger partial charge is 0.263 e. The van der Waals surface area contributed by atoms with Crippen molar-refractivity contribution in [3.8, 4) is 5.75 Å². The van der Waals surface area contributed by atoms with Crippen molar-refractivity contribution in [1.29, 1.82) is 0 Å². The second kappa shape index (κ2) is 10.2. The Morgan fingerprint density at radius 3 is 2.19 bits per heavy atom. The SMILES string of the molecule is C[C@H](NC(=O)C(C)(C)Oc1ccccc1Cl)[C@@H](Cc1ccc(Cl)cc1)c1ccccc1. The first-order chi connectivity index (χ1) is 14.8. The van der Waals surface area contributed by atoms with Gasteiger partial charge in [0.15, 0.2) is 5.60 Å². The summed E-state index contributed by atoms with van der Waals surface area (Å²) in [4.78, 5) is 13.1. The monoisotopic (exact) mass is 455 g/mol. The molecule has 3 rings (SSSR count). The lowest BCUT2D eigenvalue weighted by atomic mass is 9.86. The van der Waals surface area contributed by atoms with Crippen LogP contribution >= 0.6 is 23.2 Å². The van der Waals surface area contributed by atoms with Crippen molar-refractivity contribution in [2.75, 3.05) is 0 Å². The van der Waals surface area contributed by atoms with Gasteiger partial charge in [-0.3, -0.25) is 4.79 Å². The lowest BCUT2D eigenvalue weighted by Gasteiger charge is -2.31. The van der Waals surface area contributed by atoms with Crippen LogP contribution < -0.4 is 10.1 Å². The summed E-state index contributed by atoms with van der Waals surface area (Å²) in [5.74, 6) is 0.372. The van der Waals surface area contributed by atoms with E-state index >= 15 is 0 Å². The first kappa shape index (κ1) is 23.2. The van der Waals surface area contributed by atoms with Crippen molar-refractivity contribution in [3.63, 3.8) is 0 Å². The van der Waals surface area contributed by atoms with Crippen molar-refractivity contribution in [1.82, 2.24) is 5.32 Å². The minimum atomic E-state index is -1.08. The fourth-order valence-corrected chi connectivity index (χ4v) is 3.79. The fourth-order valence-electron chi connectivity index (χ4n) is 3.49. The predicted octanol–water partition coefficient (Wildman–Crippen LogP) is 6.68. The topological polar surface area (TPSA) is 38.3 Å². The number of rotatable bonds is 8. The van der Waals surface area contributed by atoms with E-state index in [1.54, 1.807) is 26.0 Å². The number of halogens is 2. The maximum Gasteiger partial charge on any atom is 0.263 e. The lowest BCUT2D eigenvalue weighted by Crippen LogP contribution is -2.51. The van der Waals surface area contributed by atoms with Crippen LogP contribution in [-0.4, -0.2) is 17.6 Å². The molecule has 0 radical (unpaired) electrons. The maximum absolute atomic E-state index is 13.1. The largest absolute Gasteiger partial charge is 0.476 e. The van der Waals surface area contributed by atoms with Gasteiger partial charge in [0, 0.05) is 17.0 Å². The van der Waals surface area contributed by atoms with Crippen molar-refractivity contribution in [2.45, 2.75) is 44.8 Å². The van der Waals surface area contributed by atoms with Crippen LogP contribution in [0.15, 0.2) is 78.9 Å². The zero-order valence-electron chi connectivity index (χ0n) is 17.9. The molecule has 3 aromatic carbocycles. The molecule has 1 N–H and O–H groups in total. The number of hydrogen-bond acceptors (Lipinski definition) is 2. The Bertz CT molecular complexity index is 1000. The molecule has 1 amide bonds. The molecular formula is C26H27Cl2NO2. The third-order valence-electron chi connectivity index (χ3n) is 5.31. The van der Waals surface area contributed by atoms with Gasteiger partial charge in [-0.15, -0.1) is 0 Å². The quantitative estimate of drug-likeness (QED) is 0.411. The Hall–Kier alpha value is -2.49. The highest BCUT2D eigenvalue weighted by Gasteiger charge is 2.33. The molecule has 0 saturated carbocycles. The molecule has 31 heavy (non-hydrogen) atoms. The zero-order chi connectivity index (χ0) is 22.4. The van der Waals surface area contributed by atoms with Crippen LogP contribution in [0.4, 0.5) is 0 Å². The summed E-state index contributed by atoms with van der Waals surface area (Å²) >= 11 is 12.3. The van der Waals surface area contributed by atoms with E-state index in [9.17, 15) is 4.79 Å². The number of hydrogen-bond donors (Lipinski definition) is 1. The van der Waals surface area contributed by atoms with Crippen molar-refractivity contribution in [2.24, 2.45) is 0 Å². The highest BCUT2D eigenvalue weighted by Crippen LogP contribution is 2.29. The van der Waals surface area contributed by atoms with Gasteiger partial charge in [0.05, 0.1) is 5.02 Å². The number of amides is 1. The average molecular weight is 456 g/mol. The van der Waals surface area contributed by atoms with E-state index in [0.29, 0.717) is 15.8 Å². The van der Waals surface area contributed by atoms with Crippen LogP contribution in [0.2, 0.25) is 10.0 Å². The Balaban J connectivity index is 1.77. The Kier molecular flexibility index (Phi) is 7.64. The number of carbonyl (C=O) groups excluding carboxylic acids is 1. The van der Waals surface area contributed by atoms with E-state index in [2.05, 4.69) is 17.4 Å². The van der Waals surface area contributed by atoms with Gasteiger partial charge in [-0.1, -0.05) is 77.8 Å². The summed E-state index contributed by atoms with van der Waals surface area (Å²) in [7, 11) is 0. The normalized spacial score (nSPS) is 13.3. The third kappa shape index (κ3) is 6.25. The Morgan fingerprint density at radius 2 is 1.55 bits per heavy atom. The summed E-state index contributed by atoms with van der Waals surface area (Å²) in [6.07, 6.45) is 0.772. The number of ether oxygens (including phenoxy) is 1. The van der Waals surface area contributed by atoms with Gasteiger partial charge < -0.3 is 10.1 Å². The molecule has 3 aromatic rings. The minimum absolute atomic E-state index is 0.0856. The van der Waals surface area contributed by atoms with E-state index in [1.165, 1.54) is 0 Å². The molecule has 0 unspecified atom stereocenters. The molecule has 3 nitrogen and oxygen atoms in total. The molecular weight excluding hydrogens is 429 g/mol. The van der Waals surface area contributed by atoms with Crippen molar-refractivity contribution >= 4 is 29.1 Å². The number of benzene rings is 3. The van der Waals surface area contributed by atoms with Gasteiger partial charge in [-0.25, -0.2) is 0 Å². The van der Waals surface area contributed by atoms with Crippen LogP contribution in [0.25, 0.3) is 0 Å². The second-order valence-electron chi connectivity index (χ2n) is 8.15. The Morgan fingerprint density at radius 1 is 0.935 bits per heavy atom. The van der Waals surface area contributed by atoms with E-state index in [1.807, 2.05) is 61.5 Å². The summed E-state index contributed by atoms with van der Waals surface area (Å²) in [6, 6.07) is 25.1. The lowest BCUT2D eigenvalue weighted by molar-refractivity contribution is -0.135. The van der Waals surface area contributed by atoms with Gasteiger partial charge in [0.25, 0.3) is 5.91 Å². The van der Waals surface area contributed by atoms with Crippen LogP contribution in [0.5, 0.6) is 5.75 Å². The average Bonchev–Trinajstić information content (AvgIpc) is 2.75.